The summed E-state index contributed by atoms with van der Waals surface area (Å²) in [6.07, 6.45) is 2.05. The van der Waals surface area contributed by atoms with Crippen LogP contribution in [0.5, 0.6) is 0 Å². The first-order valence-corrected chi connectivity index (χ1v) is 8.69. The Hall–Kier alpha value is -3.23. The normalized spacial score (nSPS) is 10.9. The van der Waals surface area contributed by atoms with E-state index in [-0.39, 0.29) is 12.0 Å². The average Bonchev–Trinajstić information content (AvgIpc) is 3.28. The largest absolute Gasteiger partial charge is 0.478 e. The van der Waals surface area contributed by atoms with Gasteiger partial charge in [-0.2, -0.15) is 0 Å². The number of para-hydroxylation sites is 1. The number of benzene rings is 1. The van der Waals surface area contributed by atoms with E-state index < -0.39 is 11.9 Å². The van der Waals surface area contributed by atoms with E-state index in [0.29, 0.717) is 12.6 Å². The van der Waals surface area contributed by atoms with Crippen LogP contribution < -0.4 is 5.73 Å². The highest BCUT2D eigenvalue weighted by molar-refractivity contribution is 7.15. The fourth-order valence-electron chi connectivity index (χ4n) is 2.19. The average molecular weight is 386 g/mol. The molecule has 2 heterocycles. The maximum Gasteiger partial charge on any atom is 0.332 e. The van der Waals surface area contributed by atoms with E-state index in [9.17, 15) is 9.59 Å². The molecule has 0 fully saturated rings. The molecule has 27 heavy (non-hydrogen) atoms. The third kappa shape index (κ3) is 5.37. The third-order valence-electron chi connectivity index (χ3n) is 3.41. The predicted octanol–water partition coefficient (Wildman–Crippen LogP) is 3.67. The molecule has 0 saturated carbocycles. The first-order chi connectivity index (χ1) is 13.0. The Morgan fingerprint density at radius 1 is 1.22 bits per heavy atom. The van der Waals surface area contributed by atoms with Crippen molar-refractivity contribution < 1.29 is 24.3 Å². The van der Waals surface area contributed by atoms with Gasteiger partial charge >= 0.3 is 11.9 Å². The quantitative estimate of drug-likeness (QED) is 0.436. The molecule has 0 saturated heterocycles. The lowest BCUT2D eigenvalue weighted by Gasteiger charge is -1.93. The molecule has 8 heteroatoms. The van der Waals surface area contributed by atoms with Crippen LogP contribution in [0.1, 0.15) is 11.3 Å². The maximum atomic E-state index is 10.2. The van der Waals surface area contributed by atoms with E-state index in [1.807, 2.05) is 36.4 Å². The van der Waals surface area contributed by atoms with E-state index in [0.717, 1.165) is 26.4 Å². The van der Waals surface area contributed by atoms with Crippen LogP contribution in [0.2, 0.25) is 0 Å². The van der Waals surface area contributed by atoms with Gasteiger partial charge in [0.2, 0.25) is 0 Å². The van der Waals surface area contributed by atoms with Crippen LogP contribution in [0.25, 0.3) is 21.5 Å². The molecule has 2 aromatic heterocycles. The van der Waals surface area contributed by atoms with Crippen LogP contribution in [-0.2, 0) is 16.1 Å². The van der Waals surface area contributed by atoms with Gasteiger partial charge in [0.25, 0.3) is 0 Å². The number of carboxylic acids is 2. The lowest BCUT2D eigenvalue weighted by molar-refractivity contribution is -0.135. The zero-order valence-corrected chi connectivity index (χ0v) is 15.1. The van der Waals surface area contributed by atoms with Crippen molar-refractivity contribution in [2.75, 3.05) is 0 Å². The molecule has 7 nitrogen and oxygen atoms in total. The van der Waals surface area contributed by atoms with Gasteiger partial charge < -0.3 is 20.5 Å². The number of carboxylic acid groups (broad SMARTS) is 2. The molecule has 140 valence electrons. The third-order valence-corrected chi connectivity index (χ3v) is 4.52. The molecule has 3 aromatic rings. The second kappa shape index (κ2) is 9.46. The van der Waals surface area contributed by atoms with Crippen LogP contribution in [0.3, 0.4) is 0 Å². The number of allylic oxidation sites excluding steroid dienone is 1. The molecule has 3 rings (SSSR count). The van der Waals surface area contributed by atoms with Crippen molar-refractivity contribution in [2.45, 2.75) is 13.0 Å². The molecule has 0 atom stereocenters. The van der Waals surface area contributed by atoms with Crippen LogP contribution in [-0.4, -0.2) is 27.3 Å². The zero-order valence-electron chi connectivity index (χ0n) is 14.3. The van der Waals surface area contributed by atoms with Gasteiger partial charge in [-0.05, 0) is 30.7 Å². The Kier molecular flexibility index (Phi) is 7.04. The van der Waals surface area contributed by atoms with Crippen LogP contribution >= 0.6 is 11.3 Å². The van der Waals surface area contributed by atoms with Crippen molar-refractivity contribution in [2.24, 2.45) is 5.73 Å². The van der Waals surface area contributed by atoms with Crippen LogP contribution in [0, 0.1) is 0 Å². The predicted molar refractivity (Wildman–Crippen MR) is 103 cm³/mol. The summed E-state index contributed by atoms with van der Waals surface area (Å²) in [5.74, 6) is -2.49. The Morgan fingerprint density at radius 2 is 1.96 bits per heavy atom. The number of fused-ring (bicyclic) bond motifs is 1. The molecule has 0 aliphatic carbocycles. The molecule has 0 bridgehead atoms. The SMILES string of the molecule is C=CC/C(=C\C(=O)O)C(=O)O.NCc1ccc(-c2noc3ccccc23)s1. The van der Waals surface area contributed by atoms with E-state index in [4.69, 9.17) is 20.5 Å². The molecule has 0 spiro atoms. The van der Waals surface area contributed by atoms with E-state index in [2.05, 4.69) is 11.7 Å². The number of nitrogens with two attached hydrogens (primary N) is 1. The highest BCUT2D eigenvalue weighted by Crippen LogP contribution is 2.32. The van der Waals surface area contributed by atoms with E-state index >= 15 is 0 Å². The minimum Gasteiger partial charge on any atom is -0.478 e. The number of aromatic nitrogens is 1. The lowest BCUT2D eigenvalue weighted by Crippen LogP contribution is -2.02. The van der Waals surface area contributed by atoms with Crippen molar-refractivity contribution in [1.82, 2.24) is 5.16 Å². The number of aliphatic carboxylic acids is 2. The number of carbonyl (C=O) groups is 2. The maximum absolute atomic E-state index is 10.2. The van der Waals surface area contributed by atoms with Crippen LogP contribution in [0.15, 0.2) is 65.2 Å². The summed E-state index contributed by atoms with van der Waals surface area (Å²) in [5, 5.41) is 21.7. The summed E-state index contributed by atoms with van der Waals surface area (Å²) < 4.78 is 5.27. The summed E-state index contributed by atoms with van der Waals surface area (Å²) >= 11 is 1.66. The van der Waals surface area contributed by atoms with Crippen molar-refractivity contribution in [3.63, 3.8) is 0 Å². The zero-order chi connectivity index (χ0) is 19.8. The second-order valence-electron chi connectivity index (χ2n) is 5.30. The Labute approximate surface area is 159 Å². The van der Waals surface area contributed by atoms with Crippen LogP contribution in [0.4, 0.5) is 0 Å². The minimum absolute atomic E-state index is 0.0572. The summed E-state index contributed by atoms with van der Waals surface area (Å²) in [5.41, 5.74) is 7.14. The highest BCUT2D eigenvalue weighted by Gasteiger charge is 2.11. The second-order valence-corrected chi connectivity index (χ2v) is 6.47. The standard InChI is InChI=1S/C12H10N2OS.C7H8O4/c13-7-8-5-6-11(16-8)12-9-3-1-2-4-10(9)15-14-12;1-2-3-5(7(10)11)4-6(8)9/h1-6H,7,13H2;2,4H,1,3H2,(H,8,9)(H,10,11)/b;5-4+. The van der Waals surface area contributed by atoms with E-state index in [1.54, 1.807) is 11.3 Å². The van der Waals surface area contributed by atoms with Gasteiger partial charge in [-0.25, -0.2) is 9.59 Å². The molecule has 1 aromatic carbocycles. The van der Waals surface area contributed by atoms with Gasteiger partial charge in [0.05, 0.1) is 10.3 Å². The number of thiophene rings is 1. The number of nitrogens with zero attached hydrogens (tertiary/aromatic N) is 1. The molecule has 4 N–H and O–H groups in total. The van der Waals surface area contributed by atoms with Gasteiger partial charge in [-0.1, -0.05) is 23.4 Å². The van der Waals surface area contributed by atoms with E-state index in [1.165, 1.54) is 6.08 Å². The van der Waals surface area contributed by atoms with Gasteiger partial charge in [0, 0.05) is 23.1 Å². The van der Waals surface area contributed by atoms with Gasteiger partial charge in [-0.15, -0.1) is 17.9 Å². The molecule has 0 aliphatic heterocycles. The topological polar surface area (TPSA) is 127 Å². The molecule has 0 aliphatic rings. The summed E-state index contributed by atoms with van der Waals surface area (Å²) in [6.45, 7) is 3.86. The molecule has 0 amide bonds. The van der Waals surface area contributed by atoms with Gasteiger partial charge in [0.15, 0.2) is 5.58 Å². The summed E-state index contributed by atoms with van der Waals surface area (Å²) in [7, 11) is 0. The molecular formula is C19H18N2O5S. The minimum atomic E-state index is -1.26. The van der Waals surface area contributed by atoms with Crippen molar-refractivity contribution in [3.8, 4) is 10.6 Å². The van der Waals surface area contributed by atoms with Gasteiger partial charge in [-0.3, -0.25) is 0 Å². The first kappa shape index (κ1) is 20.1. The van der Waals surface area contributed by atoms with Gasteiger partial charge in [0.1, 0.15) is 5.69 Å². The van der Waals surface area contributed by atoms with Crippen molar-refractivity contribution in [1.29, 1.82) is 0 Å². The first-order valence-electron chi connectivity index (χ1n) is 7.87. The fourth-order valence-corrected chi connectivity index (χ4v) is 3.07. The monoisotopic (exact) mass is 386 g/mol. The Balaban J connectivity index is 0.000000211. The number of hydrogen-bond acceptors (Lipinski definition) is 6. The Morgan fingerprint density at radius 3 is 2.56 bits per heavy atom. The lowest BCUT2D eigenvalue weighted by atomic mass is 10.2. The highest BCUT2D eigenvalue weighted by atomic mass is 32.1. The molecular weight excluding hydrogens is 368 g/mol. The number of hydrogen-bond donors (Lipinski definition) is 3. The number of rotatable bonds is 6. The summed E-state index contributed by atoms with van der Waals surface area (Å²) in [6, 6.07) is 11.9. The fraction of sp³-hybridized carbons (Fsp3) is 0.105. The Bertz CT molecular complexity index is 987. The molecule has 0 unspecified atom stereocenters. The van der Waals surface area contributed by atoms with Crippen molar-refractivity contribution in [3.05, 3.63) is 65.6 Å². The van der Waals surface area contributed by atoms with Crippen molar-refractivity contribution >= 4 is 34.2 Å². The molecule has 0 radical (unpaired) electrons. The summed E-state index contributed by atoms with van der Waals surface area (Å²) in [4.78, 5) is 22.5. The smallest absolute Gasteiger partial charge is 0.332 e.